The summed E-state index contributed by atoms with van der Waals surface area (Å²) in [5, 5.41) is 2.87. The van der Waals surface area contributed by atoms with Crippen LogP contribution in [0.4, 0.5) is 0 Å². The van der Waals surface area contributed by atoms with Gasteiger partial charge in [0.2, 0.25) is 5.91 Å². The Morgan fingerprint density at radius 1 is 1.35 bits per heavy atom. The van der Waals surface area contributed by atoms with Crippen LogP contribution in [0.1, 0.15) is 26.3 Å². The van der Waals surface area contributed by atoms with Gasteiger partial charge in [-0.25, -0.2) is 0 Å². The number of hydrogen-bond donors (Lipinski definition) is 2. The van der Waals surface area contributed by atoms with Gasteiger partial charge in [0.1, 0.15) is 5.75 Å². The summed E-state index contributed by atoms with van der Waals surface area (Å²) >= 11 is 0. The van der Waals surface area contributed by atoms with Gasteiger partial charge in [-0.2, -0.15) is 0 Å². The third-order valence-corrected chi connectivity index (χ3v) is 3.10. The van der Waals surface area contributed by atoms with Gasteiger partial charge >= 0.3 is 0 Å². The third kappa shape index (κ3) is 5.39. The maximum absolute atomic E-state index is 11.9. The van der Waals surface area contributed by atoms with Crippen molar-refractivity contribution in [3.05, 3.63) is 29.8 Å². The zero-order valence-electron chi connectivity index (χ0n) is 12.6. The van der Waals surface area contributed by atoms with Gasteiger partial charge in [0.15, 0.2) is 0 Å². The second kappa shape index (κ2) is 8.12. The van der Waals surface area contributed by atoms with Crippen molar-refractivity contribution < 1.29 is 9.53 Å². The molecule has 20 heavy (non-hydrogen) atoms. The lowest BCUT2D eigenvalue weighted by Crippen LogP contribution is -2.48. The van der Waals surface area contributed by atoms with E-state index in [2.05, 4.69) is 5.32 Å². The molecule has 1 atom stereocenters. The van der Waals surface area contributed by atoms with Gasteiger partial charge < -0.3 is 15.8 Å². The van der Waals surface area contributed by atoms with E-state index in [1.54, 1.807) is 7.11 Å². The van der Waals surface area contributed by atoms with E-state index in [0.29, 0.717) is 6.54 Å². The van der Waals surface area contributed by atoms with Crippen LogP contribution in [0.2, 0.25) is 0 Å². The van der Waals surface area contributed by atoms with E-state index in [1.165, 1.54) is 0 Å². The van der Waals surface area contributed by atoms with Crippen molar-refractivity contribution in [3.8, 4) is 5.75 Å². The van der Waals surface area contributed by atoms with Crippen molar-refractivity contribution in [2.75, 3.05) is 13.7 Å². The van der Waals surface area contributed by atoms with Crippen LogP contribution in [0.3, 0.4) is 0 Å². The molecule has 1 amide bonds. The van der Waals surface area contributed by atoms with E-state index in [0.717, 1.165) is 17.7 Å². The number of ether oxygens (including phenoxy) is 1. The first-order chi connectivity index (χ1) is 8.86. The van der Waals surface area contributed by atoms with Crippen molar-refractivity contribution in [1.82, 2.24) is 5.32 Å². The number of carbonyl (C=O) groups excluding carboxylic acids is 1. The summed E-state index contributed by atoms with van der Waals surface area (Å²) < 4.78 is 5.27. The van der Waals surface area contributed by atoms with Crippen molar-refractivity contribution in [1.29, 1.82) is 0 Å². The lowest BCUT2D eigenvalue weighted by molar-refractivity contribution is -0.124. The molecule has 0 aliphatic heterocycles. The van der Waals surface area contributed by atoms with Gasteiger partial charge in [0, 0.05) is 6.54 Å². The van der Waals surface area contributed by atoms with Crippen LogP contribution in [0.5, 0.6) is 5.75 Å². The number of rotatable bonds is 5. The summed E-state index contributed by atoms with van der Waals surface area (Å²) in [6.07, 6.45) is 0.729. The predicted octanol–water partition coefficient (Wildman–Crippen LogP) is 2.15. The average molecular weight is 301 g/mol. The zero-order chi connectivity index (χ0) is 14.5. The fourth-order valence-electron chi connectivity index (χ4n) is 1.73. The van der Waals surface area contributed by atoms with E-state index in [1.807, 2.05) is 45.0 Å². The number of amides is 1. The highest BCUT2D eigenvalue weighted by molar-refractivity contribution is 5.85. The largest absolute Gasteiger partial charge is 0.496 e. The Balaban J connectivity index is 0.00000361. The topological polar surface area (TPSA) is 64.3 Å². The summed E-state index contributed by atoms with van der Waals surface area (Å²) in [6.45, 7) is 6.43. The number of para-hydroxylation sites is 1. The van der Waals surface area contributed by atoms with Crippen LogP contribution in [-0.2, 0) is 11.2 Å². The Labute approximate surface area is 127 Å². The molecule has 1 rings (SSSR count). The first-order valence-corrected chi connectivity index (χ1v) is 6.51. The van der Waals surface area contributed by atoms with Crippen LogP contribution >= 0.6 is 12.4 Å². The molecule has 0 aliphatic carbocycles. The summed E-state index contributed by atoms with van der Waals surface area (Å²) in [6, 6.07) is 7.30. The van der Waals surface area contributed by atoms with Gasteiger partial charge in [-0.1, -0.05) is 39.0 Å². The van der Waals surface area contributed by atoms with Gasteiger partial charge in [-0.3, -0.25) is 4.79 Å². The molecule has 0 saturated carbocycles. The van der Waals surface area contributed by atoms with Gasteiger partial charge in [0.05, 0.1) is 13.2 Å². The van der Waals surface area contributed by atoms with Crippen LogP contribution in [0.25, 0.3) is 0 Å². The second-order valence-electron chi connectivity index (χ2n) is 5.70. The minimum atomic E-state index is -0.495. The maximum atomic E-state index is 11.9. The SMILES string of the molecule is COc1ccccc1CCNC(=O)[C@@H](N)C(C)(C)C.Cl. The molecule has 0 bridgehead atoms. The van der Waals surface area contributed by atoms with Crippen molar-refractivity contribution in [2.45, 2.75) is 33.2 Å². The molecule has 0 unspecified atom stereocenters. The fraction of sp³-hybridized carbons (Fsp3) is 0.533. The van der Waals surface area contributed by atoms with Crippen LogP contribution in [-0.4, -0.2) is 25.6 Å². The molecule has 0 aromatic heterocycles. The minimum absolute atomic E-state index is 0. The third-order valence-electron chi connectivity index (χ3n) is 3.10. The van der Waals surface area contributed by atoms with E-state index >= 15 is 0 Å². The van der Waals surface area contributed by atoms with Gasteiger partial charge in [-0.05, 0) is 23.5 Å². The minimum Gasteiger partial charge on any atom is -0.496 e. The first-order valence-electron chi connectivity index (χ1n) is 6.51. The lowest BCUT2D eigenvalue weighted by atomic mass is 9.87. The normalized spacial score (nSPS) is 12.2. The molecule has 5 heteroatoms. The van der Waals surface area contributed by atoms with E-state index in [9.17, 15) is 4.79 Å². The number of nitrogens with two attached hydrogens (primary N) is 1. The number of nitrogens with one attached hydrogen (secondary N) is 1. The highest BCUT2D eigenvalue weighted by Gasteiger charge is 2.26. The highest BCUT2D eigenvalue weighted by Crippen LogP contribution is 2.18. The summed E-state index contributed by atoms with van der Waals surface area (Å²) in [4.78, 5) is 11.9. The molecule has 0 saturated heterocycles. The van der Waals surface area contributed by atoms with Crippen molar-refractivity contribution >= 4 is 18.3 Å². The Kier molecular flexibility index (Phi) is 7.61. The molecule has 0 spiro atoms. The Hall–Kier alpha value is -1.26. The van der Waals surface area contributed by atoms with Crippen molar-refractivity contribution in [3.63, 3.8) is 0 Å². The summed E-state index contributed by atoms with van der Waals surface area (Å²) in [7, 11) is 1.65. The molecule has 0 aliphatic rings. The quantitative estimate of drug-likeness (QED) is 0.876. The van der Waals surface area contributed by atoms with Gasteiger partial charge in [0.25, 0.3) is 0 Å². The zero-order valence-corrected chi connectivity index (χ0v) is 13.4. The monoisotopic (exact) mass is 300 g/mol. The molecule has 0 radical (unpaired) electrons. The van der Waals surface area contributed by atoms with Crippen LogP contribution in [0.15, 0.2) is 24.3 Å². The van der Waals surface area contributed by atoms with Crippen LogP contribution in [0, 0.1) is 5.41 Å². The molecule has 114 valence electrons. The first kappa shape index (κ1) is 18.7. The number of carbonyl (C=O) groups is 1. The second-order valence-corrected chi connectivity index (χ2v) is 5.70. The number of hydrogen-bond acceptors (Lipinski definition) is 3. The Bertz CT molecular complexity index is 430. The number of benzene rings is 1. The fourth-order valence-corrected chi connectivity index (χ4v) is 1.73. The predicted molar refractivity (Wildman–Crippen MR) is 84.4 cm³/mol. The smallest absolute Gasteiger partial charge is 0.237 e. The molecule has 0 fully saturated rings. The highest BCUT2D eigenvalue weighted by atomic mass is 35.5. The van der Waals surface area contributed by atoms with Crippen LogP contribution < -0.4 is 15.8 Å². The molecule has 0 heterocycles. The standard InChI is InChI=1S/C15H24N2O2.ClH/c1-15(2,3)13(16)14(18)17-10-9-11-7-5-6-8-12(11)19-4;/h5-8,13H,9-10,16H2,1-4H3,(H,17,18);1H/t13-;/m1./s1. The Morgan fingerprint density at radius 3 is 2.50 bits per heavy atom. The van der Waals surface area contributed by atoms with E-state index in [-0.39, 0.29) is 23.7 Å². The van der Waals surface area contributed by atoms with E-state index in [4.69, 9.17) is 10.5 Å². The molecule has 1 aromatic rings. The maximum Gasteiger partial charge on any atom is 0.237 e. The summed E-state index contributed by atoms with van der Waals surface area (Å²) in [5.74, 6) is 0.735. The number of halogens is 1. The molecule has 3 N–H and O–H groups in total. The molecule has 4 nitrogen and oxygen atoms in total. The molecule has 1 aromatic carbocycles. The molecular weight excluding hydrogens is 276 g/mol. The lowest BCUT2D eigenvalue weighted by Gasteiger charge is -2.25. The summed E-state index contributed by atoms with van der Waals surface area (Å²) in [5.41, 5.74) is 6.74. The Morgan fingerprint density at radius 2 is 1.95 bits per heavy atom. The average Bonchev–Trinajstić information content (AvgIpc) is 2.37. The van der Waals surface area contributed by atoms with E-state index < -0.39 is 6.04 Å². The molecular formula is C15H25ClN2O2. The van der Waals surface area contributed by atoms with Gasteiger partial charge in [-0.15, -0.1) is 12.4 Å². The van der Waals surface area contributed by atoms with Crippen molar-refractivity contribution in [2.24, 2.45) is 11.1 Å². The number of methoxy groups -OCH3 is 1.